The monoisotopic (exact) mass is 245 g/mol. The van der Waals surface area contributed by atoms with E-state index < -0.39 is 0 Å². The lowest BCUT2D eigenvalue weighted by molar-refractivity contribution is 0.368. The van der Waals surface area contributed by atoms with Crippen LogP contribution in [-0.4, -0.2) is 18.5 Å². The Bertz CT molecular complexity index is 464. The zero-order chi connectivity index (χ0) is 12.4. The van der Waals surface area contributed by atoms with Crippen LogP contribution in [0.2, 0.25) is 0 Å². The van der Waals surface area contributed by atoms with Crippen molar-refractivity contribution in [2.45, 2.75) is 38.1 Å². The number of fused-ring (bicyclic) bond motifs is 1. The van der Waals surface area contributed by atoms with Gasteiger partial charge in [-0.25, -0.2) is 0 Å². The van der Waals surface area contributed by atoms with Crippen LogP contribution in [0.25, 0.3) is 0 Å². The predicted octanol–water partition coefficient (Wildman–Crippen LogP) is 2.80. The molecule has 0 radical (unpaired) electrons. The second kappa shape index (κ2) is 4.88. The highest BCUT2D eigenvalue weighted by molar-refractivity contribution is 6.00. The van der Waals surface area contributed by atoms with Crippen molar-refractivity contribution < 1.29 is 4.74 Å². The molecule has 0 aromatic heterocycles. The van der Waals surface area contributed by atoms with Crippen LogP contribution in [0.4, 0.5) is 11.4 Å². The summed E-state index contributed by atoms with van der Waals surface area (Å²) in [6.45, 7) is 0.535. The van der Waals surface area contributed by atoms with E-state index in [2.05, 4.69) is 5.32 Å². The van der Waals surface area contributed by atoms with Crippen molar-refractivity contribution in [2.24, 2.45) is 4.99 Å². The molecule has 1 saturated carbocycles. The van der Waals surface area contributed by atoms with E-state index >= 15 is 0 Å². The highest BCUT2D eigenvalue weighted by atomic mass is 16.5. The standard InChI is InChI=1S/C14H19N3O/c15-10-6-7-13-12(8-10)17-14(9-18-13)16-11-4-2-1-3-5-11/h6-8,11H,1-5,9,15H2,(H,16,17). The van der Waals surface area contributed by atoms with Gasteiger partial charge in [-0.2, -0.15) is 0 Å². The fraction of sp³-hybridized carbons (Fsp3) is 0.500. The maximum atomic E-state index is 5.78. The van der Waals surface area contributed by atoms with Gasteiger partial charge in [-0.3, -0.25) is 4.99 Å². The lowest BCUT2D eigenvalue weighted by atomic mass is 9.96. The van der Waals surface area contributed by atoms with Gasteiger partial charge in [-0.05, 0) is 31.0 Å². The highest BCUT2D eigenvalue weighted by Crippen LogP contribution is 2.30. The smallest absolute Gasteiger partial charge is 0.146 e. The van der Waals surface area contributed by atoms with Gasteiger partial charge in [-0.15, -0.1) is 0 Å². The molecule has 18 heavy (non-hydrogen) atoms. The summed E-state index contributed by atoms with van der Waals surface area (Å²) in [4.78, 5) is 4.76. The van der Waals surface area contributed by atoms with Crippen molar-refractivity contribution in [1.82, 2.24) is 0 Å². The van der Waals surface area contributed by atoms with Gasteiger partial charge in [0.05, 0.1) is 11.7 Å². The Labute approximate surface area is 107 Å². The summed E-state index contributed by atoms with van der Waals surface area (Å²) >= 11 is 0. The Kier molecular flexibility index (Phi) is 3.09. The molecule has 1 aromatic carbocycles. The van der Waals surface area contributed by atoms with Crippen molar-refractivity contribution >= 4 is 17.2 Å². The van der Waals surface area contributed by atoms with E-state index in [1.807, 2.05) is 18.2 Å². The molecule has 1 aromatic rings. The third-order valence-corrected chi connectivity index (χ3v) is 3.56. The number of hydrogen-bond donors (Lipinski definition) is 2. The van der Waals surface area contributed by atoms with Crippen LogP contribution >= 0.6 is 0 Å². The minimum atomic E-state index is 0.465. The fourth-order valence-electron chi connectivity index (χ4n) is 2.61. The zero-order valence-electron chi connectivity index (χ0n) is 10.5. The van der Waals surface area contributed by atoms with Gasteiger partial charge in [0.15, 0.2) is 0 Å². The lowest BCUT2D eigenvalue weighted by Gasteiger charge is -2.24. The van der Waals surface area contributed by atoms with Crippen LogP contribution in [-0.2, 0) is 0 Å². The summed E-state index contributed by atoms with van der Waals surface area (Å²) in [5.74, 6) is 1.78. The fourth-order valence-corrected chi connectivity index (χ4v) is 2.61. The number of nitrogens with zero attached hydrogens (tertiary/aromatic N) is 1. The summed E-state index contributed by atoms with van der Waals surface area (Å²) in [5, 5.41) is 3.33. The van der Waals surface area contributed by atoms with Crippen molar-refractivity contribution in [1.29, 1.82) is 0 Å². The van der Waals surface area contributed by atoms with Gasteiger partial charge >= 0.3 is 0 Å². The second-order valence-electron chi connectivity index (χ2n) is 5.04. The summed E-state index contributed by atoms with van der Waals surface area (Å²) < 4.78 is 5.68. The molecule has 1 aliphatic carbocycles. The molecule has 1 heterocycles. The van der Waals surface area contributed by atoms with Gasteiger partial charge in [0.1, 0.15) is 18.2 Å². The van der Waals surface area contributed by atoms with Crippen LogP contribution in [0, 0.1) is 0 Å². The average molecular weight is 245 g/mol. The minimum Gasteiger partial charge on any atom is -0.484 e. The molecule has 0 spiro atoms. The number of nitrogens with two attached hydrogens (primary N) is 1. The Hall–Kier alpha value is -1.71. The molecule has 4 heteroatoms. The number of anilines is 2. The maximum absolute atomic E-state index is 5.78. The summed E-state index contributed by atoms with van der Waals surface area (Å²) in [6.07, 6.45) is 6.35. The van der Waals surface area contributed by atoms with Crippen LogP contribution < -0.4 is 15.8 Å². The van der Waals surface area contributed by atoms with Crippen molar-refractivity contribution in [3.63, 3.8) is 0 Å². The summed E-state index contributed by atoms with van der Waals surface area (Å²) in [7, 11) is 0. The Morgan fingerprint density at radius 1 is 1.22 bits per heavy atom. The SMILES string of the molecule is Nc1ccc2c(c1)NC(=NC1CCCCC1)CO2. The van der Waals surface area contributed by atoms with Gasteiger partial charge in [0.2, 0.25) is 0 Å². The molecular weight excluding hydrogens is 226 g/mol. The number of rotatable bonds is 1. The molecule has 0 saturated heterocycles. The van der Waals surface area contributed by atoms with E-state index in [0.717, 1.165) is 23.0 Å². The highest BCUT2D eigenvalue weighted by Gasteiger charge is 2.18. The molecule has 4 nitrogen and oxygen atoms in total. The number of aliphatic imine (C=N–C) groups is 1. The van der Waals surface area contributed by atoms with Gasteiger partial charge in [-0.1, -0.05) is 19.3 Å². The minimum absolute atomic E-state index is 0.465. The first-order valence-electron chi connectivity index (χ1n) is 6.67. The molecule has 0 atom stereocenters. The summed E-state index contributed by atoms with van der Waals surface area (Å²) in [5.41, 5.74) is 7.44. The normalized spacial score (nSPS) is 22.1. The zero-order valence-corrected chi connectivity index (χ0v) is 10.5. The van der Waals surface area contributed by atoms with Gasteiger partial charge in [0.25, 0.3) is 0 Å². The number of amidine groups is 1. The molecule has 2 aliphatic rings. The van der Waals surface area contributed by atoms with E-state index in [1.165, 1.54) is 32.1 Å². The van der Waals surface area contributed by atoms with E-state index in [0.29, 0.717) is 12.6 Å². The molecule has 96 valence electrons. The van der Waals surface area contributed by atoms with Crippen LogP contribution in [0.3, 0.4) is 0 Å². The van der Waals surface area contributed by atoms with Crippen molar-refractivity contribution in [3.8, 4) is 5.75 Å². The maximum Gasteiger partial charge on any atom is 0.146 e. The largest absolute Gasteiger partial charge is 0.484 e. The lowest BCUT2D eigenvalue weighted by Crippen LogP contribution is -2.28. The van der Waals surface area contributed by atoms with Crippen molar-refractivity contribution in [3.05, 3.63) is 18.2 Å². The van der Waals surface area contributed by atoms with Crippen LogP contribution in [0.15, 0.2) is 23.2 Å². The summed E-state index contributed by atoms with van der Waals surface area (Å²) in [6, 6.07) is 6.11. The van der Waals surface area contributed by atoms with Crippen molar-refractivity contribution in [2.75, 3.05) is 17.7 Å². The third kappa shape index (κ3) is 2.42. The molecule has 0 bridgehead atoms. The molecule has 0 unspecified atom stereocenters. The molecule has 3 rings (SSSR count). The topological polar surface area (TPSA) is 59.6 Å². The van der Waals surface area contributed by atoms with Gasteiger partial charge in [0, 0.05) is 5.69 Å². The number of nitrogens with one attached hydrogen (secondary N) is 1. The van der Waals surface area contributed by atoms with E-state index in [-0.39, 0.29) is 0 Å². The average Bonchev–Trinajstić information content (AvgIpc) is 2.39. The molecule has 3 N–H and O–H groups in total. The number of benzene rings is 1. The van der Waals surface area contributed by atoms with Crippen LogP contribution in [0.1, 0.15) is 32.1 Å². The first-order valence-corrected chi connectivity index (χ1v) is 6.67. The first-order chi connectivity index (χ1) is 8.81. The van der Waals surface area contributed by atoms with E-state index in [4.69, 9.17) is 15.5 Å². The Morgan fingerprint density at radius 3 is 2.89 bits per heavy atom. The van der Waals surface area contributed by atoms with Gasteiger partial charge < -0.3 is 15.8 Å². The van der Waals surface area contributed by atoms with E-state index in [1.54, 1.807) is 0 Å². The number of nitrogen functional groups attached to an aromatic ring is 1. The van der Waals surface area contributed by atoms with Crippen LogP contribution in [0.5, 0.6) is 5.75 Å². The molecule has 1 fully saturated rings. The third-order valence-electron chi connectivity index (χ3n) is 3.56. The molecule has 1 aliphatic heterocycles. The first kappa shape index (κ1) is 11.4. The number of ether oxygens (including phenoxy) is 1. The quantitative estimate of drug-likeness (QED) is 0.748. The Morgan fingerprint density at radius 2 is 2.06 bits per heavy atom. The molecular formula is C14H19N3O. The Balaban J connectivity index is 1.75. The van der Waals surface area contributed by atoms with E-state index in [9.17, 15) is 0 Å². The predicted molar refractivity (Wildman–Crippen MR) is 74.3 cm³/mol. The number of hydrogen-bond acceptors (Lipinski definition) is 3. The molecule has 0 amide bonds. The second-order valence-corrected chi connectivity index (χ2v) is 5.04.